The van der Waals surface area contributed by atoms with Crippen LogP contribution in [0, 0.1) is 0 Å². The van der Waals surface area contributed by atoms with Crippen molar-refractivity contribution in [1.29, 1.82) is 0 Å². The van der Waals surface area contributed by atoms with Crippen molar-refractivity contribution in [3.05, 3.63) is 0 Å². The molecule has 0 spiro atoms. The van der Waals surface area contributed by atoms with Gasteiger partial charge in [0.2, 0.25) is 5.91 Å². The summed E-state index contributed by atoms with van der Waals surface area (Å²) in [6, 6.07) is 0.766. The second-order valence-corrected chi connectivity index (χ2v) is 3.81. The first-order chi connectivity index (χ1) is 6.24. The summed E-state index contributed by atoms with van der Waals surface area (Å²) < 4.78 is 0. The molecule has 1 amide bonds. The lowest BCUT2D eigenvalue weighted by atomic mass is 10.00. The predicted octanol–water partition coefficient (Wildman–Crippen LogP) is 1.04. The molecule has 2 atom stereocenters. The first-order valence-electron chi connectivity index (χ1n) is 5.26. The molecule has 2 unspecified atom stereocenters. The molecule has 1 heterocycles. The molecule has 3 nitrogen and oxygen atoms in total. The Hall–Kier alpha value is -0.570. The minimum Gasteiger partial charge on any atom is -0.352 e. The molecule has 1 saturated heterocycles. The number of piperidine rings is 1. The van der Waals surface area contributed by atoms with Gasteiger partial charge in [-0.25, -0.2) is 0 Å². The molecule has 3 heteroatoms. The normalized spacial score (nSPS) is 28.5. The molecule has 1 rings (SSSR count). The van der Waals surface area contributed by atoms with E-state index in [1.54, 1.807) is 0 Å². The molecule has 13 heavy (non-hydrogen) atoms. The van der Waals surface area contributed by atoms with Crippen LogP contribution >= 0.6 is 0 Å². The van der Waals surface area contributed by atoms with Gasteiger partial charge in [-0.2, -0.15) is 0 Å². The Bertz CT molecular complexity index is 170. The Morgan fingerprint density at radius 1 is 1.62 bits per heavy atom. The fourth-order valence-corrected chi connectivity index (χ4v) is 1.75. The van der Waals surface area contributed by atoms with E-state index in [1.807, 2.05) is 6.92 Å². The second-order valence-electron chi connectivity index (χ2n) is 3.81. The number of nitrogens with one attached hydrogen (secondary N) is 2. The van der Waals surface area contributed by atoms with Crippen LogP contribution in [-0.2, 0) is 4.79 Å². The molecular weight excluding hydrogens is 164 g/mol. The highest BCUT2D eigenvalue weighted by Crippen LogP contribution is 2.08. The van der Waals surface area contributed by atoms with Crippen LogP contribution in [0.1, 0.15) is 39.5 Å². The Morgan fingerprint density at radius 2 is 2.38 bits per heavy atom. The maximum Gasteiger partial charge on any atom is 0.220 e. The molecular formula is C10H20N2O. The van der Waals surface area contributed by atoms with Crippen molar-refractivity contribution in [2.24, 2.45) is 0 Å². The van der Waals surface area contributed by atoms with Gasteiger partial charge in [0, 0.05) is 18.5 Å². The molecule has 0 aromatic carbocycles. The van der Waals surface area contributed by atoms with E-state index in [1.165, 1.54) is 6.42 Å². The standard InChI is InChI=1S/C10H20N2O/c1-3-5-10(13)12-9-6-4-7-11-8(9)2/h8-9,11H,3-7H2,1-2H3,(H,12,13). The minimum absolute atomic E-state index is 0.197. The quantitative estimate of drug-likeness (QED) is 0.688. The molecule has 0 aromatic heterocycles. The first kappa shape index (κ1) is 10.5. The van der Waals surface area contributed by atoms with Crippen LogP contribution in [0.4, 0.5) is 0 Å². The van der Waals surface area contributed by atoms with E-state index < -0.39 is 0 Å². The number of carbonyl (C=O) groups excluding carboxylic acids is 1. The highest BCUT2D eigenvalue weighted by molar-refractivity contribution is 5.76. The summed E-state index contributed by atoms with van der Waals surface area (Å²) in [5, 5.41) is 6.43. The monoisotopic (exact) mass is 184 g/mol. The highest BCUT2D eigenvalue weighted by Gasteiger charge is 2.21. The van der Waals surface area contributed by atoms with Gasteiger partial charge in [0.1, 0.15) is 0 Å². The van der Waals surface area contributed by atoms with Gasteiger partial charge in [0.05, 0.1) is 0 Å². The van der Waals surface area contributed by atoms with Crippen molar-refractivity contribution in [2.75, 3.05) is 6.54 Å². The third kappa shape index (κ3) is 3.35. The van der Waals surface area contributed by atoms with Gasteiger partial charge >= 0.3 is 0 Å². The van der Waals surface area contributed by atoms with Gasteiger partial charge in [-0.05, 0) is 32.7 Å². The van der Waals surface area contributed by atoms with E-state index in [0.29, 0.717) is 18.5 Å². The molecule has 1 aliphatic heterocycles. The molecule has 0 radical (unpaired) electrons. The highest BCUT2D eigenvalue weighted by atomic mass is 16.1. The van der Waals surface area contributed by atoms with E-state index >= 15 is 0 Å². The SMILES string of the molecule is CCCC(=O)NC1CCCNC1C. The fraction of sp³-hybridized carbons (Fsp3) is 0.900. The average Bonchev–Trinajstić information content (AvgIpc) is 2.09. The van der Waals surface area contributed by atoms with Crippen molar-refractivity contribution in [3.63, 3.8) is 0 Å². The third-order valence-corrected chi connectivity index (χ3v) is 2.59. The Morgan fingerprint density at radius 3 is 3.00 bits per heavy atom. The maximum absolute atomic E-state index is 11.3. The molecule has 0 saturated carbocycles. The van der Waals surface area contributed by atoms with Crippen LogP contribution in [-0.4, -0.2) is 24.5 Å². The van der Waals surface area contributed by atoms with E-state index in [4.69, 9.17) is 0 Å². The lowest BCUT2D eigenvalue weighted by Crippen LogP contribution is -2.51. The summed E-state index contributed by atoms with van der Waals surface area (Å²) in [7, 11) is 0. The Kier molecular flexibility index (Phi) is 4.22. The van der Waals surface area contributed by atoms with Gasteiger partial charge in [-0.15, -0.1) is 0 Å². The molecule has 0 aliphatic carbocycles. The average molecular weight is 184 g/mol. The van der Waals surface area contributed by atoms with Gasteiger partial charge in [-0.3, -0.25) is 4.79 Å². The van der Waals surface area contributed by atoms with Gasteiger partial charge in [0.15, 0.2) is 0 Å². The number of hydrogen-bond acceptors (Lipinski definition) is 2. The largest absolute Gasteiger partial charge is 0.352 e. The Balaban J connectivity index is 2.29. The smallest absolute Gasteiger partial charge is 0.220 e. The van der Waals surface area contributed by atoms with Gasteiger partial charge in [-0.1, -0.05) is 6.92 Å². The fourth-order valence-electron chi connectivity index (χ4n) is 1.75. The van der Waals surface area contributed by atoms with Crippen molar-refractivity contribution >= 4 is 5.91 Å². The van der Waals surface area contributed by atoms with Crippen LogP contribution < -0.4 is 10.6 Å². The van der Waals surface area contributed by atoms with Crippen molar-refractivity contribution in [1.82, 2.24) is 10.6 Å². The summed E-state index contributed by atoms with van der Waals surface area (Å²) >= 11 is 0. The zero-order valence-corrected chi connectivity index (χ0v) is 8.60. The number of carbonyl (C=O) groups is 1. The van der Waals surface area contributed by atoms with Crippen molar-refractivity contribution in [2.45, 2.75) is 51.6 Å². The van der Waals surface area contributed by atoms with E-state index in [0.717, 1.165) is 19.4 Å². The summed E-state index contributed by atoms with van der Waals surface area (Å²) in [5.74, 6) is 0.197. The lowest BCUT2D eigenvalue weighted by Gasteiger charge is -2.30. The molecule has 76 valence electrons. The van der Waals surface area contributed by atoms with Crippen molar-refractivity contribution in [3.8, 4) is 0 Å². The van der Waals surface area contributed by atoms with Gasteiger partial charge in [0.25, 0.3) is 0 Å². The number of amides is 1. The molecule has 0 bridgehead atoms. The Labute approximate surface area is 80.3 Å². The van der Waals surface area contributed by atoms with Crippen LogP contribution in [0.2, 0.25) is 0 Å². The predicted molar refractivity (Wildman–Crippen MR) is 53.5 cm³/mol. The van der Waals surface area contributed by atoms with Crippen LogP contribution in [0.5, 0.6) is 0 Å². The van der Waals surface area contributed by atoms with Crippen LogP contribution in [0.25, 0.3) is 0 Å². The molecule has 0 aromatic rings. The molecule has 2 N–H and O–H groups in total. The second kappa shape index (κ2) is 5.22. The summed E-state index contributed by atoms with van der Waals surface area (Å²) in [4.78, 5) is 11.3. The summed E-state index contributed by atoms with van der Waals surface area (Å²) in [5.41, 5.74) is 0. The minimum atomic E-state index is 0.197. The topological polar surface area (TPSA) is 41.1 Å². The van der Waals surface area contributed by atoms with E-state index in [-0.39, 0.29) is 5.91 Å². The zero-order valence-electron chi connectivity index (χ0n) is 8.60. The maximum atomic E-state index is 11.3. The van der Waals surface area contributed by atoms with Gasteiger partial charge < -0.3 is 10.6 Å². The molecule has 1 fully saturated rings. The number of hydrogen-bond donors (Lipinski definition) is 2. The van der Waals surface area contributed by atoms with Crippen LogP contribution in [0.3, 0.4) is 0 Å². The van der Waals surface area contributed by atoms with Crippen LogP contribution in [0.15, 0.2) is 0 Å². The summed E-state index contributed by atoms with van der Waals surface area (Å²) in [6.45, 7) is 5.25. The molecule has 1 aliphatic rings. The lowest BCUT2D eigenvalue weighted by molar-refractivity contribution is -0.122. The van der Waals surface area contributed by atoms with E-state index in [2.05, 4.69) is 17.6 Å². The van der Waals surface area contributed by atoms with E-state index in [9.17, 15) is 4.79 Å². The summed E-state index contributed by atoms with van der Waals surface area (Å²) in [6.07, 6.45) is 3.87. The first-order valence-corrected chi connectivity index (χ1v) is 5.26. The third-order valence-electron chi connectivity index (χ3n) is 2.59. The zero-order chi connectivity index (χ0) is 9.68. The van der Waals surface area contributed by atoms with Crippen molar-refractivity contribution < 1.29 is 4.79 Å². The number of rotatable bonds is 3.